The molecule has 5 nitrogen and oxygen atoms in total. The van der Waals surface area contributed by atoms with Crippen LogP contribution < -0.4 is 11.1 Å². The van der Waals surface area contributed by atoms with Gasteiger partial charge in [-0.2, -0.15) is 0 Å². The maximum atomic E-state index is 12.3. The minimum Gasteiger partial charge on any atom is -0.408 e. The van der Waals surface area contributed by atoms with Gasteiger partial charge in [0.25, 0.3) is 0 Å². The Morgan fingerprint density at radius 1 is 1.07 bits per heavy atom. The molecule has 1 aromatic heterocycles. The molecule has 6 heteroatoms. The van der Waals surface area contributed by atoms with Gasteiger partial charge in [-0.15, -0.1) is 0 Å². The predicted octanol–water partition coefficient (Wildman–Crippen LogP) is 3.54. The van der Waals surface area contributed by atoms with Crippen LogP contribution >= 0.6 is 0 Å². The molecule has 1 heterocycles. The lowest BCUT2D eigenvalue weighted by Gasteiger charge is -2.29. The van der Waals surface area contributed by atoms with Gasteiger partial charge in [-0.05, 0) is 61.4 Å². The van der Waals surface area contributed by atoms with E-state index in [9.17, 15) is 9.00 Å². The lowest BCUT2D eigenvalue weighted by atomic mass is 9.81. The highest BCUT2D eigenvalue weighted by Crippen LogP contribution is 2.33. The van der Waals surface area contributed by atoms with Gasteiger partial charge in [0.2, 0.25) is 0 Å². The standard InChI is InChI=1S/C21H24N2O3S/c24-21-23-19-11-8-16(14-20(19)26-21)15-6-9-17(10-7-15)22-12-13-27(25)18-4-2-1-3-5-18/h1-5,8,11,14-15,17,22H,6-7,9-10,12-13H2,(H,23,24). The zero-order valence-corrected chi connectivity index (χ0v) is 16.0. The maximum absolute atomic E-state index is 12.3. The van der Waals surface area contributed by atoms with E-state index >= 15 is 0 Å². The molecule has 2 aromatic carbocycles. The second kappa shape index (κ2) is 8.23. The smallest absolute Gasteiger partial charge is 0.408 e. The lowest BCUT2D eigenvalue weighted by molar-refractivity contribution is 0.348. The van der Waals surface area contributed by atoms with Crippen LogP contribution in [0.5, 0.6) is 0 Å². The number of aromatic amines is 1. The number of nitrogens with one attached hydrogen (secondary N) is 2. The van der Waals surface area contributed by atoms with Crippen LogP contribution in [0.2, 0.25) is 0 Å². The molecular weight excluding hydrogens is 360 g/mol. The Balaban J connectivity index is 1.26. The first-order chi connectivity index (χ1) is 13.2. The van der Waals surface area contributed by atoms with E-state index < -0.39 is 16.6 Å². The van der Waals surface area contributed by atoms with E-state index in [4.69, 9.17) is 4.42 Å². The third-order valence-electron chi connectivity index (χ3n) is 5.37. The van der Waals surface area contributed by atoms with Crippen molar-refractivity contribution in [1.82, 2.24) is 10.3 Å². The molecule has 1 fully saturated rings. The molecule has 2 N–H and O–H groups in total. The molecule has 142 valence electrons. The molecule has 0 saturated heterocycles. The van der Waals surface area contributed by atoms with Crippen LogP contribution in [0.1, 0.15) is 37.2 Å². The fraction of sp³-hybridized carbons (Fsp3) is 0.381. The van der Waals surface area contributed by atoms with Crippen LogP contribution in [0.15, 0.2) is 62.6 Å². The van der Waals surface area contributed by atoms with Crippen LogP contribution in [0.25, 0.3) is 11.1 Å². The zero-order valence-electron chi connectivity index (χ0n) is 15.1. The molecule has 1 saturated carbocycles. The Labute approximate surface area is 160 Å². The minimum absolute atomic E-state index is 0.400. The molecule has 0 aliphatic heterocycles. The Kier molecular flexibility index (Phi) is 5.55. The van der Waals surface area contributed by atoms with Crippen molar-refractivity contribution in [2.75, 3.05) is 12.3 Å². The lowest BCUT2D eigenvalue weighted by Crippen LogP contribution is -2.35. The van der Waals surface area contributed by atoms with Crippen molar-refractivity contribution in [3.63, 3.8) is 0 Å². The van der Waals surface area contributed by atoms with Gasteiger partial charge in [0.05, 0.1) is 16.3 Å². The van der Waals surface area contributed by atoms with Gasteiger partial charge in [-0.3, -0.25) is 9.19 Å². The van der Waals surface area contributed by atoms with Crippen molar-refractivity contribution in [2.45, 2.75) is 42.5 Å². The molecular formula is C21H24N2O3S. The first kappa shape index (κ1) is 18.2. The van der Waals surface area contributed by atoms with Gasteiger partial charge in [-0.1, -0.05) is 24.3 Å². The highest BCUT2D eigenvalue weighted by atomic mass is 32.2. The van der Waals surface area contributed by atoms with Crippen LogP contribution in [0, 0.1) is 0 Å². The van der Waals surface area contributed by atoms with Crippen molar-refractivity contribution in [1.29, 1.82) is 0 Å². The molecule has 3 aromatic rings. The summed E-state index contributed by atoms with van der Waals surface area (Å²) in [5, 5.41) is 3.57. The largest absolute Gasteiger partial charge is 0.417 e. The number of hydrogen-bond donors (Lipinski definition) is 2. The SMILES string of the molecule is O=c1[nH]c2ccc(C3CCC(NCCS(=O)c4ccccc4)CC3)cc2o1. The molecule has 4 rings (SSSR count). The average Bonchev–Trinajstić information content (AvgIpc) is 3.08. The Hall–Kier alpha value is -2.18. The predicted molar refractivity (Wildman–Crippen MR) is 108 cm³/mol. The molecule has 1 aliphatic carbocycles. The van der Waals surface area contributed by atoms with E-state index in [1.54, 1.807) is 0 Å². The van der Waals surface area contributed by atoms with E-state index in [1.165, 1.54) is 5.56 Å². The van der Waals surface area contributed by atoms with Crippen molar-refractivity contribution in [2.24, 2.45) is 0 Å². The highest BCUT2D eigenvalue weighted by Gasteiger charge is 2.22. The second-order valence-electron chi connectivity index (χ2n) is 7.14. The monoisotopic (exact) mass is 384 g/mol. The molecule has 27 heavy (non-hydrogen) atoms. The fourth-order valence-corrected chi connectivity index (χ4v) is 4.89. The van der Waals surface area contributed by atoms with E-state index in [0.717, 1.165) is 42.6 Å². The summed E-state index contributed by atoms with van der Waals surface area (Å²) >= 11 is 0. The van der Waals surface area contributed by atoms with Gasteiger partial charge >= 0.3 is 5.76 Å². The number of benzene rings is 2. The molecule has 1 unspecified atom stereocenters. The normalized spacial score (nSPS) is 21.3. The van der Waals surface area contributed by atoms with Crippen molar-refractivity contribution in [3.8, 4) is 0 Å². The van der Waals surface area contributed by atoms with E-state index in [1.807, 2.05) is 42.5 Å². The second-order valence-corrected chi connectivity index (χ2v) is 8.71. The summed E-state index contributed by atoms with van der Waals surface area (Å²) in [5.74, 6) is 0.752. The Bertz CT molecular complexity index is 972. The highest BCUT2D eigenvalue weighted by molar-refractivity contribution is 7.85. The summed E-state index contributed by atoms with van der Waals surface area (Å²) in [7, 11) is -0.937. The van der Waals surface area contributed by atoms with E-state index in [-0.39, 0.29) is 0 Å². The number of aromatic nitrogens is 1. The van der Waals surface area contributed by atoms with Crippen molar-refractivity contribution < 1.29 is 8.63 Å². The third kappa shape index (κ3) is 4.39. The first-order valence-electron chi connectivity index (χ1n) is 9.48. The van der Waals surface area contributed by atoms with Crippen LogP contribution in [-0.4, -0.2) is 27.5 Å². The number of fused-ring (bicyclic) bond motifs is 1. The van der Waals surface area contributed by atoms with Crippen molar-refractivity contribution in [3.05, 3.63) is 64.6 Å². The number of hydrogen-bond acceptors (Lipinski definition) is 4. The fourth-order valence-electron chi connectivity index (χ4n) is 3.89. The number of H-pyrrole nitrogens is 1. The van der Waals surface area contributed by atoms with Gasteiger partial charge in [0.1, 0.15) is 0 Å². The minimum atomic E-state index is -0.937. The molecule has 0 amide bonds. The number of oxazole rings is 1. The maximum Gasteiger partial charge on any atom is 0.417 e. The van der Waals surface area contributed by atoms with Crippen molar-refractivity contribution >= 4 is 21.9 Å². The topological polar surface area (TPSA) is 75.1 Å². The quantitative estimate of drug-likeness (QED) is 0.682. The van der Waals surface area contributed by atoms with Crippen LogP contribution in [-0.2, 0) is 10.8 Å². The van der Waals surface area contributed by atoms with Gasteiger partial charge in [0.15, 0.2) is 5.58 Å². The summed E-state index contributed by atoms with van der Waals surface area (Å²) < 4.78 is 17.4. The Morgan fingerprint density at radius 2 is 1.85 bits per heavy atom. The van der Waals surface area contributed by atoms with Crippen LogP contribution in [0.3, 0.4) is 0 Å². The molecule has 0 radical (unpaired) electrons. The summed E-state index contributed by atoms with van der Waals surface area (Å²) in [4.78, 5) is 14.9. The third-order valence-corrected chi connectivity index (χ3v) is 6.74. The zero-order chi connectivity index (χ0) is 18.6. The van der Waals surface area contributed by atoms with Crippen LogP contribution in [0.4, 0.5) is 0 Å². The van der Waals surface area contributed by atoms with Gasteiger partial charge in [-0.25, -0.2) is 4.79 Å². The van der Waals surface area contributed by atoms with Gasteiger partial charge < -0.3 is 9.73 Å². The first-order valence-corrected chi connectivity index (χ1v) is 10.8. The molecule has 1 atom stereocenters. The summed E-state index contributed by atoms with van der Waals surface area (Å²) in [5.41, 5.74) is 2.64. The molecule has 1 aliphatic rings. The van der Waals surface area contributed by atoms with E-state index in [0.29, 0.717) is 23.3 Å². The molecule has 0 spiro atoms. The Morgan fingerprint density at radius 3 is 2.63 bits per heavy atom. The summed E-state index contributed by atoms with van der Waals surface area (Å²) in [6.45, 7) is 0.775. The number of rotatable bonds is 6. The van der Waals surface area contributed by atoms with Gasteiger partial charge in [0, 0.05) is 23.2 Å². The van der Waals surface area contributed by atoms with E-state index in [2.05, 4.69) is 16.4 Å². The molecule has 0 bridgehead atoms. The average molecular weight is 385 g/mol. The summed E-state index contributed by atoms with van der Waals surface area (Å²) in [6, 6.07) is 16.1. The summed E-state index contributed by atoms with van der Waals surface area (Å²) in [6.07, 6.45) is 4.44.